The molecule has 0 radical (unpaired) electrons. The van der Waals surface area contributed by atoms with Crippen molar-refractivity contribution in [3.63, 3.8) is 0 Å². The lowest BCUT2D eigenvalue weighted by molar-refractivity contribution is -0.914. The third-order valence-corrected chi connectivity index (χ3v) is 8.41. The van der Waals surface area contributed by atoms with E-state index in [9.17, 15) is 9.59 Å². The molecular formula is C33H39N2O4+. The Morgan fingerprint density at radius 1 is 0.923 bits per heavy atom. The molecule has 3 aromatic carbocycles. The van der Waals surface area contributed by atoms with Gasteiger partial charge in [-0.15, -0.1) is 0 Å². The Bertz CT molecular complexity index is 1320. The van der Waals surface area contributed by atoms with Crippen molar-refractivity contribution in [3.8, 4) is 11.1 Å². The number of carbonyl (C=O) groups is 2. The van der Waals surface area contributed by atoms with Crippen molar-refractivity contribution in [1.82, 2.24) is 5.32 Å². The minimum Gasteiger partial charge on any atom is -0.444 e. The first kappa shape index (κ1) is 26.9. The molecule has 3 atom stereocenters. The Labute approximate surface area is 231 Å². The smallest absolute Gasteiger partial charge is 0.444 e. The molecule has 1 fully saturated rings. The number of carbonyl (C=O) groups excluding carboxylic acids is 2. The van der Waals surface area contributed by atoms with Crippen molar-refractivity contribution in [1.29, 1.82) is 0 Å². The molecule has 0 bridgehead atoms. The summed E-state index contributed by atoms with van der Waals surface area (Å²) < 4.78 is 11.2. The number of quaternary nitrogens is 1. The van der Waals surface area contributed by atoms with Gasteiger partial charge in [0.25, 0.3) is 0 Å². The van der Waals surface area contributed by atoms with Crippen LogP contribution in [0.15, 0.2) is 78.9 Å². The molecule has 3 aromatic rings. The van der Waals surface area contributed by atoms with Crippen molar-refractivity contribution < 1.29 is 23.5 Å². The average Bonchev–Trinajstić information content (AvgIpc) is 3.41. The van der Waals surface area contributed by atoms with Gasteiger partial charge < -0.3 is 14.8 Å². The van der Waals surface area contributed by atoms with Crippen molar-refractivity contribution in [2.24, 2.45) is 5.92 Å². The van der Waals surface area contributed by atoms with E-state index in [0.29, 0.717) is 13.1 Å². The third-order valence-electron chi connectivity index (χ3n) is 8.41. The summed E-state index contributed by atoms with van der Waals surface area (Å²) >= 11 is 0. The van der Waals surface area contributed by atoms with E-state index in [1.165, 1.54) is 7.11 Å². The zero-order valence-electron chi connectivity index (χ0n) is 23.6. The number of nitrogens with zero attached hydrogens (tertiary/aromatic N) is 1. The first-order valence-corrected chi connectivity index (χ1v) is 13.8. The van der Waals surface area contributed by atoms with Crippen LogP contribution in [0.3, 0.4) is 0 Å². The molecule has 2 aliphatic rings. The predicted octanol–water partition coefficient (Wildman–Crippen LogP) is 6.87. The van der Waals surface area contributed by atoms with Crippen LogP contribution in [0.4, 0.5) is 9.59 Å². The average molecular weight is 528 g/mol. The molecule has 1 aliphatic heterocycles. The van der Waals surface area contributed by atoms with Crippen LogP contribution < -0.4 is 5.32 Å². The van der Waals surface area contributed by atoms with Crippen LogP contribution in [-0.2, 0) is 15.0 Å². The molecule has 39 heavy (non-hydrogen) atoms. The molecule has 0 spiro atoms. The highest BCUT2D eigenvalue weighted by Crippen LogP contribution is 2.60. The molecule has 1 saturated heterocycles. The molecule has 6 nitrogen and oxygen atoms in total. The molecule has 5 rings (SSSR count). The van der Waals surface area contributed by atoms with E-state index in [1.54, 1.807) is 0 Å². The van der Waals surface area contributed by atoms with E-state index in [-0.39, 0.29) is 22.5 Å². The maximum atomic E-state index is 14.3. The summed E-state index contributed by atoms with van der Waals surface area (Å²) in [6.45, 7) is 8.82. The quantitative estimate of drug-likeness (QED) is 0.368. The number of nitrogens with one attached hydrogen (secondary N) is 1. The van der Waals surface area contributed by atoms with Gasteiger partial charge in [0.1, 0.15) is 5.60 Å². The van der Waals surface area contributed by atoms with Crippen LogP contribution in [0, 0.1) is 5.92 Å². The number of hydrogen-bond donors (Lipinski definition) is 1. The van der Waals surface area contributed by atoms with Gasteiger partial charge in [-0.1, -0.05) is 78.9 Å². The van der Waals surface area contributed by atoms with Crippen LogP contribution in [0.2, 0.25) is 0 Å². The lowest BCUT2D eigenvalue weighted by Gasteiger charge is -2.49. The van der Waals surface area contributed by atoms with Crippen molar-refractivity contribution in [3.05, 3.63) is 95.6 Å². The molecule has 1 N–H and O–H groups in total. The Hall–Kier alpha value is -3.64. The summed E-state index contributed by atoms with van der Waals surface area (Å²) in [6, 6.07) is 27.3. The van der Waals surface area contributed by atoms with E-state index in [4.69, 9.17) is 9.47 Å². The van der Waals surface area contributed by atoms with Gasteiger partial charge in [-0.2, -0.15) is 4.79 Å². The van der Waals surface area contributed by atoms with E-state index in [0.717, 1.165) is 40.7 Å². The standard InChI is InChI=1S/C33H38N2O4/c1-23-21-24(19-20-34-30(36)39-32(2,3)4)22-35(23,31(37)38-5)33(25-13-7-6-8-14-25)28-17-11-9-15-26(28)27-16-10-12-18-29(27)33/h6-18,23-24H,19-22H2,1-5H3/p+1/t23-,24?,35?/m1/s1. The van der Waals surface area contributed by atoms with E-state index >= 15 is 0 Å². The number of methoxy groups -OCH3 is 1. The van der Waals surface area contributed by atoms with Gasteiger partial charge in [0.15, 0.2) is 5.54 Å². The SMILES string of the molecule is COC(=O)[N+]1(C2(c3ccccc3)c3ccccc3-c3ccccc32)CC(CCNC(=O)OC(C)(C)C)C[C@H]1C. The first-order chi connectivity index (χ1) is 18.6. The van der Waals surface area contributed by atoms with Gasteiger partial charge in [0.05, 0.1) is 19.7 Å². The van der Waals surface area contributed by atoms with Gasteiger partial charge in [-0.25, -0.2) is 9.28 Å². The summed E-state index contributed by atoms with van der Waals surface area (Å²) in [5.41, 5.74) is 4.32. The van der Waals surface area contributed by atoms with E-state index < -0.39 is 17.2 Å². The van der Waals surface area contributed by atoms with Crippen LogP contribution in [0.5, 0.6) is 0 Å². The number of amides is 2. The molecule has 6 heteroatoms. The zero-order valence-corrected chi connectivity index (χ0v) is 23.6. The molecule has 1 aliphatic carbocycles. The highest BCUT2D eigenvalue weighted by Gasteiger charge is 2.68. The van der Waals surface area contributed by atoms with Crippen LogP contribution in [-0.4, -0.2) is 48.5 Å². The van der Waals surface area contributed by atoms with Gasteiger partial charge in [0.2, 0.25) is 0 Å². The lowest BCUT2D eigenvalue weighted by Crippen LogP contribution is -2.67. The maximum absolute atomic E-state index is 14.3. The molecule has 2 amide bonds. The second-order valence-corrected chi connectivity index (χ2v) is 11.9. The van der Waals surface area contributed by atoms with Crippen molar-refractivity contribution in [2.75, 3.05) is 20.2 Å². The van der Waals surface area contributed by atoms with Gasteiger partial charge in [0, 0.05) is 35.6 Å². The summed E-state index contributed by atoms with van der Waals surface area (Å²) in [4.78, 5) is 26.6. The summed E-state index contributed by atoms with van der Waals surface area (Å²) in [7, 11) is 1.50. The predicted molar refractivity (Wildman–Crippen MR) is 152 cm³/mol. The molecule has 0 saturated carbocycles. The summed E-state index contributed by atoms with van der Waals surface area (Å²) in [5, 5.41) is 2.91. The zero-order chi connectivity index (χ0) is 27.8. The second-order valence-electron chi connectivity index (χ2n) is 11.9. The maximum Gasteiger partial charge on any atom is 0.517 e. The minimum absolute atomic E-state index is 0.0246. The molecule has 1 heterocycles. The largest absolute Gasteiger partial charge is 0.517 e. The number of fused-ring (bicyclic) bond motifs is 3. The number of benzene rings is 3. The Morgan fingerprint density at radius 3 is 2.05 bits per heavy atom. The third kappa shape index (κ3) is 4.31. The number of ether oxygens (including phenoxy) is 2. The summed E-state index contributed by atoms with van der Waals surface area (Å²) in [5.74, 6) is 0.203. The minimum atomic E-state index is -0.770. The van der Waals surface area contributed by atoms with E-state index in [2.05, 4.69) is 85.0 Å². The highest BCUT2D eigenvalue weighted by atomic mass is 16.6. The van der Waals surface area contributed by atoms with Crippen LogP contribution in [0.1, 0.15) is 57.2 Å². The van der Waals surface area contributed by atoms with Gasteiger partial charge in [-0.3, -0.25) is 0 Å². The molecule has 0 aromatic heterocycles. The molecular weight excluding hydrogens is 488 g/mol. The monoisotopic (exact) mass is 527 g/mol. The number of alkyl carbamates (subject to hydrolysis) is 1. The topological polar surface area (TPSA) is 64.6 Å². The fourth-order valence-corrected chi connectivity index (χ4v) is 7.11. The Kier molecular flexibility index (Phi) is 7.02. The van der Waals surface area contributed by atoms with Crippen molar-refractivity contribution >= 4 is 12.2 Å². The first-order valence-electron chi connectivity index (χ1n) is 13.8. The molecule has 2 unspecified atom stereocenters. The van der Waals surface area contributed by atoms with E-state index in [1.807, 2.05) is 26.8 Å². The fraction of sp³-hybridized carbons (Fsp3) is 0.394. The fourth-order valence-electron chi connectivity index (χ4n) is 7.11. The van der Waals surface area contributed by atoms with Gasteiger partial charge in [-0.05, 0) is 45.2 Å². The number of rotatable bonds is 5. The van der Waals surface area contributed by atoms with Crippen molar-refractivity contribution in [2.45, 2.75) is 57.7 Å². The van der Waals surface area contributed by atoms with Gasteiger partial charge >= 0.3 is 12.2 Å². The Morgan fingerprint density at radius 2 is 1.49 bits per heavy atom. The summed E-state index contributed by atoms with van der Waals surface area (Å²) in [6.07, 6.45) is 0.931. The number of likely N-dealkylation sites (tertiary alicyclic amines) is 1. The van der Waals surface area contributed by atoms with Crippen LogP contribution >= 0.6 is 0 Å². The Balaban J connectivity index is 1.62. The second kappa shape index (κ2) is 10.2. The highest BCUT2D eigenvalue weighted by molar-refractivity contribution is 5.83. The number of hydrogen-bond acceptors (Lipinski definition) is 4. The normalized spacial score (nSPS) is 23.0. The van der Waals surface area contributed by atoms with Crippen LogP contribution in [0.25, 0.3) is 11.1 Å². The lowest BCUT2D eigenvalue weighted by atomic mass is 9.76. The molecule has 204 valence electrons.